The molecule has 1 amide bonds. The zero-order valence-electron chi connectivity index (χ0n) is 17.5. The van der Waals surface area contributed by atoms with Crippen LogP contribution >= 0.6 is 0 Å². The normalized spacial score (nSPS) is 16.2. The van der Waals surface area contributed by atoms with Crippen molar-refractivity contribution < 1.29 is 14.3 Å². The van der Waals surface area contributed by atoms with Crippen LogP contribution in [0.5, 0.6) is 0 Å². The highest BCUT2D eigenvalue weighted by molar-refractivity contribution is 5.84. The second kappa shape index (κ2) is 9.17. The number of aromatic nitrogens is 4. The second-order valence-corrected chi connectivity index (χ2v) is 7.68. The van der Waals surface area contributed by atoms with Gasteiger partial charge in [-0.1, -0.05) is 13.8 Å². The van der Waals surface area contributed by atoms with Gasteiger partial charge in [0.25, 0.3) is 0 Å². The maximum Gasteiger partial charge on any atom is 0.328 e. The summed E-state index contributed by atoms with van der Waals surface area (Å²) in [6.45, 7) is 7.53. The number of amides is 1. The van der Waals surface area contributed by atoms with Gasteiger partial charge in [0.1, 0.15) is 11.9 Å². The molecule has 1 fully saturated rings. The summed E-state index contributed by atoms with van der Waals surface area (Å²) in [5.41, 5.74) is 0.646. The Hall–Kier alpha value is -2.75. The highest BCUT2D eigenvalue weighted by Gasteiger charge is 2.25. The maximum absolute atomic E-state index is 12.3. The van der Waals surface area contributed by atoms with E-state index in [4.69, 9.17) is 4.74 Å². The SMILES string of the molecule is COC(=O)[C@H](NC(=O)CCc1nnc2ccc(N3CCN(C)CC3)nn12)C(C)C. The van der Waals surface area contributed by atoms with E-state index in [1.165, 1.54) is 7.11 Å². The Labute approximate surface area is 170 Å². The number of fused-ring (bicyclic) bond motifs is 1. The Kier molecular flexibility index (Phi) is 6.63. The Balaban J connectivity index is 1.66. The van der Waals surface area contributed by atoms with E-state index in [1.807, 2.05) is 26.0 Å². The smallest absolute Gasteiger partial charge is 0.328 e. The van der Waals surface area contributed by atoms with Gasteiger partial charge >= 0.3 is 5.97 Å². The average molecular weight is 403 g/mol. The summed E-state index contributed by atoms with van der Waals surface area (Å²) in [6, 6.07) is 3.18. The number of ether oxygens (including phenoxy) is 1. The molecule has 0 aliphatic carbocycles. The van der Waals surface area contributed by atoms with Crippen molar-refractivity contribution in [2.45, 2.75) is 32.7 Å². The number of methoxy groups -OCH3 is 1. The van der Waals surface area contributed by atoms with E-state index in [1.54, 1.807) is 4.52 Å². The van der Waals surface area contributed by atoms with Crippen molar-refractivity contribution in [2.24, 2.45) is 5.92 Å². The molecule has 0 unspecified atom stereocenters. The van der Waals surface area contributed by atoms with Crippen LogP contribution in [0.4, 0.5) is 5.82 Å². The van der Waals surface area contributed by atoms with Crippen LogP contribution in [0.15, 0.2) is 12.1 Å². The zero-order chi connectivity index (χ0) is 21.0. The molecule has 0 aromatic carbocycles. The number of aryl methyl sites for hydroxylation is 1. The third-order valence-electron chi connectivity index (χ3n) is 5.15. The molecule has 29 heavy (non-hydrogen) atoms. The van der Waals surface area contributed by atoms with E-state index in [9.17, 15) is 9.59 Å². The molecule has 1 aliphatic rings. The zero-order valence-corrected chi connectivity index (χ0v) is 17.5. The van der Waals surface area contributed by atoms with Crippen molar-refractivity contribution in [3.63, 3.8) is 0 Å². The average Bonchev–Trinajstić information content (AvgIpc) is 3.12. The van der Waals surface area contributed by atoms with Gasteiger partial charge in [-0.15, -0.1) is 15.3 Å². The molecule has 0 bridgehead atoms. The van der Waals surface area contributed by atoms with Gasteiger partial charge in [0.15, 0.2) is 11.5 Å². The number of carbonyl (C=O) groups excluding carboxylic acids is 2. The Morgan fingerprint density at radius 3 is 2.55 bits per heavy atom. The van der Waals surface area contributed by atoms with Gasteiger partial charge in [-0.25, -0.2) is 4.79 Å². The van der Waals surface area contributed by atoms with Crippen LogP contribution in [0.25, 0.3) is 5.65 Å². The molecular weight excluding hydrogens is 374 g/mol. The summed E-state index contributed by atoms with van der Waals surface area (Å²) in [6.07, 6.45) is 0.555. The van der Waals surface area contributed by atoms with Crippen molar-refractivity contribution >= 4 is 23.3 Å². The minimum atomic E-state index is -0.662. The number of carbonyl (C=O) groups is 2. The summed E-state index contributed by atoms with van der Waals surface area (Å²) >= 11 is 0. The molecule has 2 aromatic heterocycles. The van der Waals surface area contributed by atoms with Crippen LogP contribution in [-0.4, -0.2) is 83.0 Å². The van der Waals surface area contributed by atoms with Crippen LogP contribution in [0.2, 0.25) is 0 Å². The fourth-order valence-electron chi connectivity index (χ4n) is 3.28. The molecule has 3 rings (SSSR count). The van der Waals surface area contributed by atoms with Crippen LogP contribution in [0, 0.1) is 5.92 Å². The number of likely N-dealkylation sites (N-methyl/N-ethyl adjacent to an activating group) is 1. The highest BCUT2D eigenvalue weighted by atomic mass is 16.5. The van der Waals surface area contributed by atoms with Crippen LogP contribution < -0.4 is 10.2 Å². The van der Waals surface area contributed by atoms with Crippen molar-refractivity contribution in [1.29, 1.82) is 0 Å². The minimum absolute atomic E-state index is 0.0619. The monoisotopic (exact) mass is 403 g/mol. The largest absolute Gasteiger partial charge is 0.467 e. The molecule has 158 valence electrons. The summed E-state index contributed by atoms with van der Waals surface area (Å²) in [7, 11) is 3.43. The van der Waals surface area contributed by atoms with E-state index < -0.39 is 12.0 Å². The molecule has 1 aliphatic heterocycles. The standard InChI is InChI=1S/C19H29N7O3/c1-13(2)18(19(28)29-4)20-17(27)8-7-15-22-21-14-5-6-16(23-26(14)15)25-11-9-24(3)10-12-25/h5-6,13,18H,7-12H2,1-4H3,(H,20,27)/t18-/m1/s1. The van der Waals surface area contributed by atoms with Gasteiger partial charge in [-0.05, 0) is 25.1 Å². The first-order chi connectivity index (χ1) is 13.9. The topological polar surface area (TPSA) is 105 Å². The molecule has 3 heterocycles. The van der Waals surface area contributed by atoms with Gasteiger partial charge in [-0.2, -0.15) is 4.52 Å². The van der Waals surface area contributed by atoms with Gasteiger partial charge in [0.05, 0.1) is 7.11 Å². The molecular formula is C19H29N7O3. The predicted molar refractivity (Wildman–Crippen MR) is 108 cm³/mol. The van der Waals surface area contributed by atoms with Gasteiger partial charge in [0, 0.05) is 39.0 Å². The lowest BCUT2D eigenvalue weighted by atomic mass is 10.0. The molecule has 10 heteroatoms. The molecule has 2 aromatic rings. The molecule has 10 nitrogen and oxygen atoms in total. The van der Waals surface area contributed by atoms with Gasteiger partial charge < -0.3 is 19.9 Å². The minimum Gasteiger partial charge on any atom is -0.467 e. The first-order valence-electron chi connectivity index (χ1n) is 9.91. The van der Waals surface area contributed by atoms with Crippen molar-refractivity contribution in [3.05, 3.63) is 18.0 Å². The quantitative estimate of drug-likeness (QED) is 0.650. The fourth-order valence-corrected chi connectivity index (χ4v) is 3.28. The maximum atomic E-state index is 12.3. The lowest BCUT2D eigenvalue weighted by Crippen LogP contribution is -2.45. The number of nitrogens with zero attached hydrogens (tertiary/aromatic N) is 6. The van der Waals surface area contributed by atoms with Crippen LogP contribution in [0.3, 0.4) is 0 Å². The third kappa shape index (κ3) is 5.00. The number of hydrogen-bond donors (Lipinski definition) is 1. The Morgan fingerprint density at radius 1 is 1.17 bits per heavy atom. The Morgan fingerprint density at radius 2 is 1.90 bits per heavy atom. The molecule has 0 spiro atoms. The number of rotatable bonds is 7. The number of anilines is 1. The summed E-state index contributed by atoms with van der Waals surface area (Å²) < 4.78 is 6.46. The first-order valence-corrected chi connectivity index (χ1v) is 9.91. The van der Waals surface area contributed by atoms with Gasteiger partial charge in [-0.3, -0.25) is 4.79 Å². The van der Waals surface area contributed by atoms with Crippen LogP contribution in [-0.2, 0) is 20.7 Å². The number of piperazine rings is 1. The molecule has 1 N–H and O–H groups in total. The summed E-state index contributed by atoms with van der Waals surface area (Å²) in [5.74, 6) is 0.751. The van der Waals surface area contributed by atoms with E-state index in [2.05, 4.69) is 37.5 Å². The van der Waals surface area contributed by atoms with Crippen LogP contribution in [0.1, 0.15) is 26.1 Å². The molecule has 1 atom stereocenters. The molecule has 1 saturated heterocycles. The van der Waals surface area contributed by atoms with Gasteiger partial charge in [0.2, 0.25) is 5.91 Å². The molecule has 0 saturated carbocycles. The Bertz CT molecular complexity index is 859. The lowest BCUT2D eigenvalue weighted by Gasteiger charge is -2.33. The van der Waals surface area contributed by atoms with Crippen molar-refractivity contribution in [2.75, 3.05) is 45.2 Å². The number of esters is 1. The molecule has 0 radical (unpaired) electrons. The number of hydrogen-bond acceptors (Lipinski definition) is 8. The van der Waals surface area contributed by atoms with Crippen molar-refractivity contribution in [1.82, 2.24) is 30.0 Å². The third-order valence-corrected chi connectivity index (χ3v) is 5.15. The fraction of sp³-hybridized carbons (Fsp3) is 0.632. The summed E-state index contributed by atoms with van der Waals surface area (Å²) in [5, 5.41) is 15.8. The number of nitrogens with one attached hydrogen (secondary N) is 1. The predicted octanol–water partition coefficient (Wildman–Crippen LogP) is 0.123. The lowest BCUT2D eigenvalue weighted by molar-refractivity contribution is -0.146. The summed E-state index contributed by atoms with van der Waals surface area (Å²) in [4.78, 5) is 28.7. The van der Waals surface area contributed by atoms with E-state index in [0.717, 1.165) is 32.0 Å². The second-order valence-electron chi connectivity index (χ2n) is 7.68. The van der Waals surface area contributed by atoms with Crippen molar-refractivity contribution in [3.8, 4) is 0 Å². The highest BCUT2D eigenvalue weighted by Crippen LogP contribution is 2.15. The first kappa shape index (κ1) is 21.0. The van der Waals surface area contributed by atoms with E-state index >= 15 is 0 Å². The van der Waals surface area contributed by atoms with E-state index in [-0.39, 0.29) is 18.2 Å². The van der Waals surface area contributed by atoms with E-state index in [0.29, 0.717) is 17.9 Å².